The number of hydrogen-bond donors (Lipinski definition) is 0. The predicted octanol–water partition coefficient (Wildman–Crippen LogP) is 11.1. The topological polar surface area (TPSA) is 107 Å². The van der Waals surface area contributed by atoms with Gasteiger partial charge in [-0.25, -0.2) is 0 Å². The van der Waals surface area contributed by atoms with E-state index in [1.54, 1.807) is 6.26 Å². The Labute approximate surface area is 331 Å². The van der Waals surface area contributed by atoms with Crippen molar-refractivity contribution in [3.8, 4) is 0 Å². The van der Waals surface area contributed by atoms with Crippen molar-refractivity contribution in [1.29, 1.82) is 0 Å². The molecule has 1 aliphatic heterocycles. The summed E-state index contributed by atoms with van der Waals surface area (Å²) in [6, 6.07) is 0. The maximum Gasteiger partial charge on any atom is 0.305 e. The molecule has 0 N–H and O–H groups in total. The number of carbonyl (C=O) groups is 1. The average Bonchev–Trinajstić information content (AvgIpc) is 3.88. The van der Waals surface area contributed by atoms with Gasteiger partial charge in [0.15, 0.2) is 6.10 Å². The van der Waals surface area contributed by atoms with E-state index in [-0.39, 0.29) is 32.2 Å². The van der Waals surface area contributed by atoms with Crippen LogP contribution in [0.3, 0.4) is 0 Å². The maximum absolute atomic E-state index is 12.5. The second kappa shape index (κ2) is 33.4. The Kier molecular flexibility index (Phi) is 31.1. The monoisotopic (exact) mass is 782 g/mol. The SMILES string of the molecule is CCCCCCCCCCCCCC/C=C/O[C@H](COC(=O)CCC/C=C\C/C=C\C/C=C\CC1OC1CCCCC)COP(=O)([O-])OCC[N+](C)(C)C. The lowest BCUT2D eigenvalue weighted by atomic mass is 10.0. The van der Waals surface area contributed by atoms with E-state index < -0.39 is 13.9 Å². The van der Waals surface area contributed by atoms with Gasteiger partial charge in [0.1, 0.15) is 19.8 Å². The first-order chi connectivity index (χ1) is 26.1. The van der Waals surface area contributed by atoms with Crippen LogP contribution in [0.25, 0.3) is 0 Å². The molecule has 0 aromatic carbocycles. The number of esters is 1. The molecule has 0 saturated carbocycles. The first-order valence-electron chi connectivity index (χ1n) is 21.5. The molecule has 314 valence electrons. The molecule has 1 fully saturated rings. The summed E-state index contributed by atoms with van der Waals surface area (Å²) in [5.74, 6) is -0.350. The third-order valence-electron chi connectivity index (χ3n) is 9.40. The lowest BCUT2D eigenvalue weighted by molar-refractivity contribution is -0.870. The largest absolute Gasteiger partial charge is 0.756 e. The van der Waals surface area contributed by atoms with E-state index in [4.69, 9.17) is 23.3 Å². The number of hydrogen-bond acceptors (Lipinski definition) is 8. The molecule has 0 amide bonds. The normalized spacial score (nSPS) is 18.0. The van der Waals surface area contributed by atoms with E-state index in [9.17, 15) is 14.3 Å². The number of unbranched alkanes of at least 4 members (excludes halogenated alkanes) is 15. The summed E-state index contributed by atoms with van der Waals surface area (Å²) < 4.78 is 40.0. The lowest BCUT2D eigenvalue weighted by Gasteiger charge is -2.28. The highest BCUT2D eigenvalue weighted by Gasteiger charge is 2.36. The zero-order chi connectivity index (χ0) is 39.6. The fraction of sp³-hybridized carbons (Fsp3) is 0.795. The summed E-state index contributed by atoms with van der Waals surface area (Å²) >= 11 is 0. The second-order valence-electron chi connectivity index (χ2n) is 15.8. The van der Waals surface area contributed by atoms with Crippen LogP contribution in [-0.4, -0.2) is 76.3 Å². The molecule has 10 heteroatoms. The molecule has 1 heterocycles. The van der Waals surface area contributed by atoms with Gasteiger partial charge in [0.2, 0.25) is 0 Å². The highest BCUT2D eigenvalue weighted by molar-refractivity contribution is 7.45. The van der Waals surface area contributed by atoms with Crippen LogP contribution in [0.15, 0.2) is 48.8 Å². The summed E-state index contributed by atoms with van der Waals surface area (Å²) in [5.41, 5.74) is 0. The Morgan fingerprint density at radius 1 is 0.704 bits per heavy atom. The van der Waals surface area contributed by atoms with Gasteiger partial charge in [0.25, 0.3) is 7.82 Å². The van der Waals surface area contributed by atoms with Crippen LogP contribution < -0.4 is 4.89 Å². The minimum atomic E-state index is -4.53. The zero-order valence-electron chi connectivity index (χ0n) is 35.1. The minimum Gasteiger partial charge on any atom is -0.756 e. The molecule has 0 aromatic heterocycles. The highest BCUT2D eigenvalue weighted by Crippen LogP contribution is 2.38. The Morgan fingerprint density at radius 3 is 1.93 bits per heavy atom. The van der Waals surface area contributed by atoms with E-state index in [2.05, 4.69) is 50.3 Å². The van der Waals surface area contributed by atoms with Crippen molar-refractivity contribution in [3.63, 3.8) is 0 Å². The number of phosphoric ester groups is 1. The summed E-state index contributed by atoms with van der Waals surface area (Å²) in [7, 11) is 1.32. The van der Waals surface area contributed by atoms with E-state index in [0.717, 1.165) is 38.5 Å². The molecule has 1 saturated heterocycles. The highest BCUT2D eigenvalue weighted by atomic mass is 31.2. The summed E-state index contributed by atoms with van der Waals surface area (Å²) in [4.78, 5) is 24.8. The van der Waals surface area contributed by atoms with Crippen LogP contribution in [-0.2, 0) is 32.6 Å². The molecular formula is C44H80NO8P. The molecule has 0 spiro atoms. The van der Waals surface area contributed by atoms with E-state index in [0.29, 0.717) is 29.7 Å². The smallest absolute Gasteiger partial charge is 0.305 e. The zero-order valence-corrected chi connectivity index (χ0v) is 36.0. The summed E-state index contributed by atoms with van der Waals surface area (Å²) in [5, 5.41) is 0. The number of carbonyl (C=O) groups excluding carboxylic acids is 1. The van der Waals surface area contributed by atoms with Gasteiger partial charge in [0.05, 0.1) is 46.2 Å². The van der Waals surface area contributed by atoms with Gasteiger partial charge in [-0.2, -0.15) is 0 Å². The Bertz CT molecular complexity index is 1070. The van der Waals surface area contributed by atoms with Gasteiger partial charge >= 0.3 is 5.97 Å². The van der Waals surface area contributed by atoms with Crippen molar-refractivity contribution in [2.75, 3.05) is 47.5 Å². The van der Waals surface area contributed by atoms with Crippen LogP contribution in [0.5, 0.6) is 0 Å². The quantitative estimate of drug-likeness (QED) is 0.0116. The van der Waals surface area contributed by atoms with E-state index in [1.165, 1.54) is 96.3 Å². The molecule has 1 aliphatic rings. The van der Waals surface area contributed by atoms with E-state index in [1.807, 2.05) is 27.2 Å². The number of ether oxygens (including phenoxy) is 3. The molecule has 9 nitrogen and oxygen atoms in total. The predicted molar refractivity (Wildman–Crippen MR) is 221 cm³/mol. The van der Waals surface area contributed by atoms with Gasteiger partial charge in [-0.3, -0.25) is 9.36 Å². The third-order valence-corrected chi connectivity index (χ3v) is 10.4. The van der Waals surface area contributed by atoms with Crippen LogP contribution in [0.1, 0.15) is 162 Å². The molecular weight excluding hydrogens is 701 g/mol. The molecule has 0 aromatic rings. The average molecular weight is 782 g/mol. The van der Waals surface area contributed by atoms with Crippen LogP contribution in [0.4, 0.5) is 0 Å². The second-order valence-corrected chi connectivity index (χ2v) is 17.2. The summed E-state index contributed by atoms with van der Waals surface area (Å²) in [6.45, 7) is 4.60. The molecule has 0 aliphatic carbocycles. The van der Waals surface area contributed by atoms with Gasteiger partial charge in [-0.05, 0) is 57.4 Å². The Balaban J connectivity index is 2.28. The number of likely N-dealkylation sites (N-methyl/N-ethyl adjacent to an activating group) is 1. The third kappa shape index (κ3) is 33.6. The van der Waals surface area contributed by atoms with Crippen LogP contribution in [0.2, 0.25) is 0 Å². The number of allylic oxidation sites excluding steroid dienone is 6. The minimum absolute atomic E-state index is 0.0159. The fourth-order valence-electron chi connectivity index (χ4n) is 5.85. The Morgan fingerprint density at radius 2 is 1.28 bits per heavy atom. The van der Waals surface area contributed by atoms with Gasteiger partial charge in [-0.1, -0.05) is 140 Å². The van der Waals surface area contributed by atoms with E-state index >= 15 is 0 Å². The van der Waals surface area contributed by atoms with Crippen molar-refractivity contribution >= 4 is 13.8 Å². The molecule has 3 unspecified atom stereocenters. The lowest BCUT2D eigenvalue weighted by Crippen LogP contribution is -2.37. The molecule has 0 bridgehead atoms. The van der Waals surface area contributed by atoms with Crippen molar-refractivity contribution in [1.82, 2.24) is 0 Å². The van der Waals surface area contributed by atoms with Crippen molar-refractivity contribution in [2.45, 2.75) is 180 Å². The van der Waals surface area contributed by atoms with Gasteiger partial charge in [0, 0.05) is 6.42 Å². The molecule has 54 heavy (non-hydrogen) atoms. The number of epoxide rings is 1. The van der Waals surface area contributed by atoms with Crippen molar-refractivity contribution in [2.24, 2.45) is 0 Å². The number of phosphoric acid groups is 1. The standard InChI is InChI=1S/C44H80NO8P/c1-6-8-10-11-12-13-14-15-16-19-22-25-28-32-37-49-41(40-52-54(47,48)51-38-36-45(3,4)5)39-50-44(46)35-31-27-24-21-18-17-20-23-26-30-34-43-42(53-43)33-29-9-7-2/h17,20-21,24,26,30,32,37,41-43H,6-16,18-19,22-23,25,27-29,31,33-36,38-40H2,1-5H3/b20-17-,24-21-,30-26-,37-32+/t41-,42?,43?/m1/s1. The van der Waals surface area contributed by atoms with Gasteiger partial charge in [-0.15, -0.1) is 0 Å². The first kappa shape index (κ1) is 50.3. The first-order valence-corrected chi connectivity index (χ1v) is 23.0. The van der Waals surface area contributed by atoms with Gasteiger partial charge < -0.3 is 32.6 Å². The fourth-order valence-corrected chi connectivity index (χ4v) is 6.58. The molecule has 1 rings (SSSR count). The van der Waals surface area contributed by atoms with Crippen molar-refractivity contribution < 1.29 is 42.0 Å². The number of nitrogens with zero attached hydrogens (tertiary/aromatic N) is 1. The maximum atomic E-state index is 12.5. The molecule has 0 radical (unpaired) electrons. The molecule has 4 atom stereocenters. The van der Waals surface area contributed by atoms with Crippen molar-refractivity contribution in [3.05, 3.63) is 48.8 Å². The number of rotatable bonds is 38. The van der Waals surface area contributed by atoms with Crippen LogP contribution in [0, 0.1) is 0 Å². The Hall–Kier alpha value is -1.74. The summed E-state index contributed by atoms with van der Waals surface area (Å²) in [6.07, 6.45) is 42.6. The van der Waals surface area contributed by atoms with Crippen LogP contribution >= 0.6 is 7.82 Å². The number of quaternary nitrogens is 1.